The highest BCUT2D eigenvalue weighted by atomic mass is 32.2. The molecule has 1 saturated heterocycles. The van der Waals surface area contributed by atoms with Crippen molar-refractivity contribution in [1.29, 1.82) is 0 Å². The zero-order valence-corrected chi connectivity index (χ0v) is 11.2. The fourth-order valence-corrected chi connectivity index (χ4v) is 3.61. The van der Waals surface area contributed by atoms with Crippen LogP contribution in [0.2, 0.25) is 0 Å². The van der Waals surface area contributed by atoms with Crippen LogP contribution in [0.4, 0.5) is 0 Å². The van der Waals surface area contributed by atoms with Crippen LogP contribution in [0.25, 0.3) is 0 Å². The zero-order valence-electron chi connectivity index (χ0n) is 10.4. The molecule has 3 heteroatoms. The lowest BCUT2D eigenvalue weighted by Crippen LogP contribution is -2.52. The third kappa shape index (κ3) is 3.65. The monoisotopic (exact) mass is 230 g/mol. The van der Waals surface area contributed by atoms with Gasteiger partial charge < -0.3 is 5.73 Å². The zero-order chi connectivity index (χ0) is 11.3. The molecule has 3 atom stereocenters. The molecule has 3 unspecified atom stereocenters. The van der Waals surface area contributed by atoms with E-state index in [1.54, 1.807) is 0 Å². The molecule has 1 aliphatic rings. The molecule has 0 spiro atoms. The number of nitrogens with zero attached hydrogens (tertiary/aromatic N) is 1. The second kappa shape index (κ2) is 6.77. The molecule has 0 aromatic rings. The first-order valence-electron chi connectivity index (χ1n) is 6.24. The van der Waals surface area contributed by atoms with Gasteiger partial charge in [0, 0.05) is 36.7 Å². The number of hydrogen-bond donors (Lipinski definition) is 1. The third-order valence-corrected chi connectivity index (χ3v) is 4.68. The largest absolute Gasteiger partial charge is 0.329 e. The number of thioether (sulfide) groups is 1. The Hall–Kier alpha value is 0.270. The topological polar surface area (TPSA) is 29.3 Å². The molecular formula is C12H26N2S. The Kier molecular flexibility index (Phi) is 6.02. The molecule has 1 fully saturated rings. The SMILES string of the molecule is CCCC(C)C(CN)N1CCSCC1C. The maximum Gasteiger partial charge on any atom is 0.0247 e. The average Bonchev–Trinajstić information content (AvgIpc) is 2.22. The van der Waals surface area contributed by atoms with Gasteiger partial charge in [-0.1, -0.05) is 20.3 Å². The first-order chi connectivity index (χ1) is 7.20. The number of nitrogens with two attached hydrogens (primary N) is 1. The lowest BCUT2D eigenvalue weighted by molar-refractivity contribution is 0.119. The summed E-state index contributed by atoms with van der Waals surface area (Å²) in [6, 6.07) is 1.30. The molecule has 0 radical (unpaired) electrons. The van der Waals surface area contributed by atoms with Crippen molar-refractivity contribution in [1.82, 2.24) is 4.90 Å². The Morgan fingerprint density at radius 2 is 2.27 bits per heavy atom. The second-order valence-corrected chi connectivity index (χ2v) is 5.88. The predicted molar refractivity (Wildman–Crippen MR) is 70.4 cm³/mol. The van der Waals surface area contributed by atoms with Gasteiger partial charge in [-0.25, -0.2) is 0 Å². The van der Waals surface area contributed by atoms with E-state index in [-0.39, 0.29) is 0 Å². The molecule has 1 aliphatic heterocycles. The normalized spacial score (nSPS) is 27.6. The molecule has 0 bridgehead atoms. The Labute approximate surface area is 99.0 Å². The summed E-state index contributed by atoms with van der Waals surface area (Å²) in [7, 11) is 0. The maximum absolute atomic E-state index is 5.95. The van der Waals surface area contributed by atoms with Crippen LogP contribution in [0, 0.1) is 5.92 Å². The van der Waals surface area contributed by atoms with Crippen LogP contribution in [-0.4, -0.2) is 41.6 Å². The minimum Gasteiger partial charge on any atom is -0.329 e. The first kappa shape index (κ1) is 13.3. The van der Waals surface area contributed by atoms with Gasteiger partial charge in [0.2, 0.25) is 0 Å². The van der Waals surface area contributed by atoms with Gasteiger partial charge >= 0.3 is 0 Å². The lowest BCUT2D eigenvalue weighted by atomic mass is 9.94. The standard InChI is InChI=1S/C12H26N2S/c1-4-5-10(2)12(8-13)14-6-7-15-9-11(14)3/h10-12H,4-9,13H2,1-3H3. The molecule has 90 valence electrons. The smallest absolute Gasteiger partial charge is 0.0247 e. The van der Waals surface area contributed by atoms with Crippen molar-refractivity contribution >= 4 is 11.8 Å². The molecule has 0 aromatic carbocycles. The Bertz CT molecular complexity index is 175. The summed E-state index contributed by atoms with van der Waals surface area (Å²) >= 11 is 2.08. The minimum absolute atomic E-state index is 0.598. The summed E-state index contributed by atoms with van der Waals surface area (Å²) in [6.45, 7) is 9.00. The van der Waals surface area contributed by atoms with Gasteiger partial charge in [-0.3, -0.25) is 4.90 Å². The average molecular weight is 230 g/mol. The van der Waals surface area contributed by atoms with Crippen LogP contribution < -0.4 is 5.73 Å². The van der Waals surface area contributed by atoms with Crippen LogP contribution in [0.5, 0.6) is 0 Å². The molecule has 15 heavy (non-hydrogen) atoms. The van der Waals surface area contributed by atoms with E-state index < -0.39 is 0 Å². The summed E-state index contributed by atoms with van der Waals surface area (Å²) in [5, 5.41) is 0. The molecule has 1 rings (SSSR count). The highest BCUT2D eigenvalue weighted by Crippen LogP contribution is 2.23. The molecule has 2 nitrogen and oxygen atoms in total. The molecular weight excluding hydrogens is 204 g/mol. The molecule has 0 aliphatic carbocycles. The number of rotatable bonds is 5. The summed E-state index contributed by atoms with van der Waals surface area (Å²) in [5.74, 6) is 3.29. The van der Waals surface area contributed by atoms with Crippen LogP contribution in [0.3, 0.4) is 0 Å². The van der Waals surface area contributed by atoms with E-state index in [2.05, 4.69) is 37.4 Å². The minimum atomic E-state index is 0.598. The van der Waals surface area contributed by atoms with Gasteiger partial charge in [0.05, 0.1) is 0 Å². The summed E-state index contributed by atoms with van der Waals surface area (Å²) in [5.41, 5.74) is 5.95. The molecule has 0 aromatic heterocycles. The van der Waals surface area contributed by atoms with E-state index in [4.69, 9.17) is 5.73 Å². The van der Waals surface area contributed by atoms with Crippen LogP contribution in [-0.2, 0) is 0 Å². The van der Waals surface area contributed by atoms with Crippen LogP contribution in [0.1, 0.15) is 33.6 Å². The predicted octanol–water partition coefficient (Wildman–Crippen LogP) is 2.19. The van der Waals surface area contributed by atoms with Crippen molar-refractivity contribution < 1.29 is 0 Å². The summed E-state index contributed by atoms with van der Waals surface area (Å²) in [4.78, 5) is 2.64. The molecule has 2 N–H and O–H groups in total. The highest BCUT2D eigenvalue weighted by molar-refractivity contribution is 7.99. The van der Waals surface area contributed by atoms with E-state index in [0.29, 0.717) is 12.1 Å². The number of hydrogen-bond acceptors (Lipinski definition) is 3. The molecule has 0 saturated carbocycles. The van der Waals surface area contributed by atoms with Crippen molar-refractivity contribution in [3.05, 3.63) is 0 Å². The van der Waals surface area contributed by atoms with Crippen molar-refractivity contribution in [3.63, 3.8) is 0 Å². The Morgan fingerprint density at radius 3 is 2.80 bits per heavy atom. The lowest BCUT2D eigenvalue weighted by Gasteiger charge is -2.41. The van der Waals surface area contributed by atoms with E-state index >= 15 is 0 Å². The molecule has 0 amide bonds. The van der Waals surface area contributed by atoms with Crippen molar-refractivity contribution in [2.45, 2.75) is 45.7 Å². The third-order valence-electron chi connectivity index (χ3n) is 3.49. The Balaban J connectivity index is 2.54. The first-order valence-corrected chi connectivity index (χ1v) is 7.39. The van der Waals surface area contributed by atoms with Crippen molar-refractivity contribution in [2.24, 2.45) is 11.7 Å². The van der Waals surface area contributed by atoms with Gasteiger partial charge in [-0.15, -0.1) is 0 Å². The van der Waals surface area contributed by atoms with Crippen LogP contribution in [0.15, 0.2) is 0 Å². The van der Waals surface area contributed by atoms with E-state index in [0.717, 1.165) is 12.5 Å². The quantitative estimate of drug-likeness (QED) is 0.785. The van der Waals surface area contributed by atoms with Crippen molar-refractivity contribution in [2.75, 3.05) is 24.6 Å². The molecule has 1 heterocycles. The van der Waals surface area contributed by atoms with Crippen LogP contribution >= 0.6 is 11.8 Å². The van der Waals surface area contributed by atoms with Gasteiger partial charge in [0.25, 0.3) is 0 Å². The van der Waals surface area contributed by atoms with Gasteiger partial charge in [0.1, 0.15) is 0 Å². The summed E-state index contributed by atoms with van der Waals surface area (Å²) < 4.78 is 0. The van der Waals surface area contributed by atoms with E-state index in [1.165, 1.54) is 30.9 Å². The maximum atomic E-state index is 5.95. The van der Waals surface area contributed by atoms with E-state index in [9.17, 15) is 0 Å². The van der Waals surface area contributed by atoms with Crippen molar-refractivity contribution in [3.8, 4) is 0 Å². The fourth-order valence-electron chi connectivity index (χ4n) is 2.57. The second-order valence-electron chi connectivity index (χ2n) is 4.73. The Morgan fingerprint density at radius 1 is 1.53 bits per heavy atom. The highest BCUT2D eigenvalue weighted by Gasteiger charge is 2.28. The summed E-state index contributed by atoms with van der Waals surface area (Å²) in [6.07, 6.45) is 2.58. The fraction of sp³-hybridized carbons (Fsp3) is 1.00. The van der Waals surface area contributed by atoms with Gasteiger partial charge in [0.15, 0.2) is 0 Å². The van der Waals surface area contributed by atoms with Gasteiger partial charge in [-0.05, 0) is 19.3 Å². The van der Waals surface area contributed by atoms with Gasteiger partial charge in [-0.2, -0.15) is 11.8 Å². The van der Waals surface area contributed by atoms with E-state index in [1.807, 2.05) is 0 Å².